The lowest BCUT2D eigenvalue weighted by Crippen LogP contribution is -2.57. The molecule has 2 heterocycles. The number of amides is 1. The normalized spacial score (nSPS) is 35.3. The molecule has 1 aromatic carbocycles. The summed E-state index contributed by atoms with van der Waals surface area (Å²) < 4.78 is 39.3. The van der Waals surface area contributed by atoms with E-state index < -0.39 is 15.6 Å². The molecule has 4 saturated carbocycles. The maximum atomic E-state index is 13.3. The zero-order chi connectivity index (χ0) is 23.6. The van der Waals surface area contributed by atoms with E-state index in [9.17, 15) is 18.3 Å². The number of aliphatic hydroxyl groups is 1. The van der Waals surface area contributed by atoms with Crippen molar-refractivity contribution in [2.75, 3.05) is 39.4 Å². The lowest BCUT2D eigenvalue weighted by atomic mass is 9.47. The Labute approximate surface area is 201 Å². The Morgan fingerprint density at radius 1 is 1.00 bits per heavy atom. The molecule has 8 nitrogen and oxygen atoms in total. The minimum absolute atomic E-state index is 0.0664. The van der Waals surface area contributed by atoms with Gasteiger partial charge in [0.25, 0.3) is 0 Å². The van der Waals surface area contributed by atoms with Gasteiger partial charge in [-0.15, -0.1) is 0 Å². The van der Waals surface area contributed by atoms with Crippen molar-refractivity contribution in [2.45, 2.75) is 61.9 Å². The molecule has 0 spiro atoms. The molecule has 34 heavy (non-hydrogen) atoms. The Balaban J connectivity index is 1.10. The van der Waals surface area contributed by atoms with E-state index in [0.717, 1.165) is 38.5 Å². The van der Waals surface area contributed by atoms with Crippen molar-refractivity contribution in [2.24, 2.45) is 17.3 Å². The highest BCUT2D eigenvalue weighted by molar-refractivity contribution is 7.89. The van der Waals surface area contributed by atoms with Crippen LogP contribution in [-0.4, -0.2) is 73.6 Å². The number of carbonyl (C=O) groups excluding carboxylic acids is 1. The molecule has 4 aliphatic carbocycles. The van der Waals surface area contributed by atoms with E-state index >= 15 is 0 Å². The first-order valence-corrected chi connectivity index (χ1v) is 14.1. The summed E-state index contributed by atoms with van der Waals surface area (Å²) in [6, 6.07) is 4.77. The van der Waals surface area contributed by atoms with E-state index in [1.54, 1.807) is 18.2 Å². The number of ether oxygens (including phenoxy) is 2. The van der Waals surface area contributed by atoms with E-state index in [1.807, 2.05) is 4.90 Å². The van der Waals surface area contributed by atoms with E-state index in [2.05, 4.69) is 0 Å². The Bertz CT molecular complexity index is 1070. The second-order valence-corrected chi connectivity index (χ2v) is 13.2. The molecule has 1 aromatic rings. The smallest absolute Gasteiger partial charge is 0.243 e. The number of benzene rings is 1. The van der Waals surface area contributed by atoms with Crippen LogP contribution in [0.1, 0.15) is 51.4 Å². The largest absolute Gasteiger partial charge is 0.490 e. The third-order valence-electron chi connectivity index (χ3n) is 8.63. The molecule has 4 bridgehead atoms. The first kappa shape index (κ1) is 22.6. The minimum atomic E-state index is -3.68. The van der Waals surface area contributed by atoms with Crippen molar-refractivity contribution in [1.82, 2.24) is 9.21 Å². The molecule has 1 amide bonds. The first-order chi connectivity index (χ1) is 16.2. The van der Waals surface area contributed by atoms with Crippen LogP contribution in [0.2, 0.25) is 0 Å². The van der Waals surface area contributed by atoms with Crippen molar-refractivity contribution in [3.63, 3.8) is 0 Å². The Kier molecular flexibility index (Phi) is 5.39. The van der Waals surface area contributed by atoms with Gasteiger partial charge in [-0.3, -0.25) is 4.79 Å². The standard InChI is InChI=1S/C25H34N2O6S/c28-23(16-24-12-18-10-19(13-24)15-25(29,14-18)17-24)26-4-6-27(7-5-26)34(30,31)20-2-3-21-22(11-20)33-9-1-8-32-21/h2-3,11,18-19,29H,1,4-10,12-17H2. The van der Waals surface area contributed by atoms with Crippen LogP contribution >= 0.6 is 0 Å². The maximum Gasteiger partial charge on any atom is 0.243 e. The van der Waals surface area contributed by atoms with Crippen molar-refractivity contribution < 1.29 is 27.8 Å². The summed E-state index contributed by atoms with van der Waals surface area (Å²) in [6.07, 6.45) is 7.09. The van der Waals surface area contributed by atoms with Gasteiger partial charge in [-0.2, -0.15) is 4.31 Å². The molecule has 2 unspecified atom stereocenters. The second-order valence-electron chi connectivity index (χ2n) is 11.3. The number of nitrogens with zero attached hydrogens (tertiary/aromatic N) is 2. The maximum absolute atomic E-state index is 13.3. The predicted molar refractivity (Wildman–Crippen MR) is 124 cm³/mol. The van der Waals surface area contributed by atoms with Crippen LogP contribution in [0.5, 0.6) is 11.5 Å². The number of piperazine rings is 1. The summed E-state index contributed by atoms with van der Waals surface area (Å²) >= 11 is 0. The summed E-state index contributed by atoms with van der Waals surface area (Å²) in [7, 11) is -3.68. The van der Waals surface area contributed by atoms with Gasteiger partial charge in [0.05, 0.1) is 23.7 Å². The van der Waals surface area contributed by atoms with Gasteiger partial charge in [0.1, 0.15) is 0 Å². The van der Waals surface area contributed by atoms with Crippen molar-refractivity contribution in [1.29, 1.82) is 0 Å². The molecule has 9 heteroatoms. The van der Waals surface area contributed by atoms with Gasteiger partial charge in [-0.25, -0.2) is 8.42 Å². The summed E-state index contributed by atoms with van der Waals surface area (Å²) in [4.78, 5) is 15.3. The van der Waals surface area contributed by atoms with Crippen molar-refractivity contribution >= 4 is 15.9 Å². The van der Waals surface area contributed by atoms with E-state index in [1.165, 1.54) is 10.7 Å². The van der Waals surface area contributed by atoms with Gasteiger partial charge in [0, 0.05) is 45.1 Å². The number of carbonyl (C=O) groups is 1. The van der Waals surface area contributed by atoms with E-state index in [4.69, 9.17) is 9.47 Å². The molecule has 1 saturated heterocycles. The molecule has 0 radical (unpaired) electrons. The average molecular weight is 491 g/mol. The van der Waals surface area contributed by atoms with E-state index in [-0.39, 0.29) is 29.3 Å². The fourth-order valence-corrected chi connectivity index (χ4v) is 9.11. The number of hydrogen-bond donors (Lipinski definition) is 1. The average Bonchev–Trinajstić information content (AvgIpc) is 3.02. The molecular weight excluding hydrogens is 456 g/mol. The Morgan fingerprint density at radius 3 is 2.35 bits per heavy atom. The highest BCUT2D eigenvalue weighted by Gasteiger charge is 2.57. The minimum Gasteiger partial charge on any atom is -0.490 e. The van der Waals surface area contributed by atoms with Gasteiger partial charge in [-0.1, -0.05) is 0 Å². The van der Waals surface area contributed by atoms with Gasteiger partial charge < -0.3 is 19.5 Å². The number of rotatable bonds is 4. The van der Waals surface area contributed by atoms with Gasteiger partial charge in [0.15, 0.2) is 11.5 Å². The van der Waals surface area contributed by atoms with Crippen molar-refractivity contribution in [3.05, 3.63) is 18.2 Å². The zero-order valence-electron chi connectivity index (χ0n) is 19.6. The lowest BCUT2D eigenvalue weighted by Gasteiger charge is -2.60. The van der Waals surface area contributed by atoms with Crippen LogP contribution in [-0.2, 0) is 14.8 Å². The Morgan fingerprint density at radius 2 is 1.68 bits per heavy atom. The molecule has 1 N–H and O–H groups in total. The van der Waals surface area contributed by atoms with Crippen LogP contribution in [0, 0.1) is 17.3 Å². The van der Waals surface area contributed by atoms with Crippen LogP contribution in [0.3, 0.4) is 0 Å². The molecule has 6 aliphatic rings. The second kappa shape index (κ2) is 8.10. The Hall–Kier alpha value is -1.84. The quantitative estimate of drug-likeness (QED) is 0.696. The van der Waals surface area contributed by atoms with Crippen LogP contribution in [0.25, 0.3) is 0 Å². The summed E-state index contributed by atoms with van der Waals surface area (Å²) in [5.74, 6) is 2.25. The predicted octanol–water partition coefficient (Wildman–Crippen LogP) is 2.40. The SMILES string of the molecule is O=C(CC12CC3CC(CC(O)(C3)C1)C2)N1CCN(S(=O)(=O)c2ccc3c(c2)OCCCO3)CC1. The number of sulfonamides is 1. The summed E-state index contributed by atoms with van der Waals surface area (Å²) in [5, 5.41) is 11.0. The third kappa shape index (κ3) is 3.99. The zero-order valence-corrected chi connectivity index (χ0v) is 20.4. The topological polar surface area (TPSA) is 96.4 Å². The third-order valence-corrected chi connectivity index (χ3v) is 10.5. The van der Waals surface area contributed by atoms with Crippen LogP contribution in [0.4, 0.5) is 0 Å². The fraction of sp³-hybridized carbons (Fsp3) is 0.720. The van der Waals surface area contributed by atoms with Gasteiger partial charge in [0.2, 0.25) is 15.9 Å². The molecule has 186 valence electrons. The molecular formula is C25H34N2O6S. The monoisotopic (exact) mass is 490 g/mol. The fourth-order valence-electron chi connectivity index (χ4n) is 7.67. The molecule has 0 aromatic heterocycles. The lowest BCUT2D eigenvalue weighted by molar-refractivity contribution is -0.172. The molecule has 2 aliphatic heterocycles. The molecule has 5 fully saturated rings. The molecule has 7 rings (SSSR count). The highest BCUT2D eigenvalue weighted by atomic mass is 32.2. The first-order valence-electron chi connectivity index (χ1n) is 12.6. The van der Waals surface area contributed by atoms with Gasteiger partial charge >= 0.3 is 0 Å². The van der Waals surface area contributed by atoms with Gasteiger partial charge in [-0.05, 0) is 67.9 Å². The summed E-state index contributed by atoms with van der Waals surface area (Å²) in [5.41, 5.74) is -0.636. The highest BCUT2D eigenvalue weighted by Crippen LogP contribution is 2.62. The molecule has 2 atom stereocenters. The van der Waals surface area contributed by atoms with E-state index in [0.29, 0.717) is 56.1 Å². The number of fused-ring (bicyclic) bond motifs is 1. The summed E-state index contributed by atoms with van der Waals surface area (Å²) in [6.45, 7) is 2.41. The van der Waals surface area contributed by atoms with Crippen LogP contribution < -0.4 is 9.47 Å². The van der Waals surface area contributed by atoms with Crippen molar-refractivity contribution in [3.8, 4) is 11.5 Å². The number of hydrogen-bond acceptors (Lipinski definition) is 6. The van der Waals surface area contributed by atoms with Crippen LogP contribution in [0.15, 0.2) is 23.1 Å².